The van der Waals surface area contributed by atoms with Gasteiger partial charge in [0.15, 0.2) is 0 Å². The second kappa shape index (κ2) is 6.97. The lowest BCUT2D eigenvalue weighted by molar-refractivity contribution is -0.120. The summed E-state index contributed by atoms with van der Waals surface area (Å²) in [5, 5.41) is 20.0. The molecule has 1 N–H and O–H groups in total. The second-order valence-electron chi connectivity index (χ2n) is 4.03. The Hall–Kier alpha value is -2.60. The lowest BCUT2D eigenvalue weighted by atomic mass is 10.2. The highest BCUT2D eigenvalue weighted by Gasteiger charge is 2.12. The van der Waals surface area contributed by atoms with E-state index in [1.807, 2.05) is 19.1 Å². The van der Waals surface area contributed by atoms with Crippen molar-refractivity contribution in [1.29, 1.82) is 10.5 Å². The molecule has 1 heterocycles. The number of nitriles is 2. The van der Waals surface area contributed by atoms with Crippen LogP contribution in [0.2, 0.25) is 0 Å². The van der Waals surface area contributed by atoms with Gasteiger partial charge in [-0.1, -0.05) is 6.92 Å². The molecule has 1 rings (SSSR count). The molecule has 0 aliphatic carbocycles. The Morgan fingerprint density at radius 3 is 2.74 bits per heavy atom. The first-order valence-electron chi connectivity index (χ1n) is 5.87. The summed E-state index contributed by atoms with van der Waals surface area (Å²) in [7, 11) is 1.72. The number of carbonyl (C=O) groups is 1. The van der Waals surface area contributed by atoms with Crippen LogP contribution in [0.25, 0.3) is 0 Å². The van der Waals surface area contributed by atoms with Gasteiger partial charge in [0.25, 0.3) is 0 Å². The van der Waals surface area contributed by atoms with Crippen LogP contribution in [0.5, 0.6) is 0 Å². The Bertz CT molecular complexity index is 511. The van der Waals surface area contributed by atoms with E-state index < -0.39 is 6.04 Å². The molecule has 0 unspecified atom stereocenters. The zero-order valence-electron chi connectivity index (χ0n) is 10.9. The van der Waals surface area contributed by atoms with E-state index in [1.165, 1.54) is 6.20 Å². The normalized spacial score (nSPS) is 10.9. The van der Waals surface area contributed by atoms with Gasteiger partial charge in [0.1, 0.15) is 17.9 Å². The molecule has 0 bridgehead atoms. The molecule has 0 aliphatic heterocycles. The minimum absolute atomic E-state index is 0.108. The quantitative estimate of drug-likeness (QED) is 0.842. The highest BCUT2D eigenvalue weighted by Crippen LogP contribution is 2.08. The predicted octanol–water partition coefficient (Wildman–Crippen LogP) is 0.808. The fourth-order valence-electron chi connectivity index (χ4n) is 1.44. The highest BCUT2D eigenvalue weighted by atomic mass is 16.2. The van der Waals surface area contributed by atoms with Crippen molar-refractivity contribution in [1.82, 2.24) is 10.3 Å². The minimum atomic E-state index is -0.463. The smallest absolute Gasteiger partial charge is 0.240 e. The van der Waals surface area contributed by atoms with Crippen LogP contribution < -0.4 is 10.2 Å². The average molecular weight is 257 g/mol. The molecule has 6 nitrogen and oxygen atoms in total. The van der Waals surface area contributed by atoms with Crippen LogP contribution in [-0.4, -0.2) is 30.5 Å². The largest absolute Gasteiger partial charge is 0.350 e. The highest BCUT2D eigenvalue weighted by molar-refractivity contribution is 5.81. The van der Waals surface area contributed by atoms with Gasteiger partial charge in [-0.2, -0.15) is 10.5 Å². The van der Waals surface area contributed by atoms with Crippen LogP contribution in [0.1, 0.15) is 18.9 Å². The Kier molecular flexibility index (Phi) is 5.31. The molecule has 19 heavy (non-hydrogen) atoms. The van der Waals surface area contributed by atoms with Crippen molar-refractivity contribution in [2.24, 2.45) is 0 Å². The van der Waals surface area contributed by atoms with Gasteiger partial charge in [-0.05, 0) is 18.6 Å². The lowest BCUT2D eigenvalue weighted by Gasteiger charge is -2.18. The fraction of sp³-hybridized carbons (Fsp3) is 0.385. The molecule has 1 aromatic heterocycles. The van der Waals surface area contributed by atoms with Gasteiger partial charge in [0.2, 0.25) is 5.91 Å². The molecule has 0 spiro atoms. The topological polar surface area (TPSA) is 92.8 Å². The number of amides is 1. The molecule has 0 radical (unpaired) electrons. The van der Waals surface area contributed by atoms with Gasteiger partial charge in [-0.15, -0.1) is 0 Å². The van der Waals surface area contributed by atoms with E-state index >= 15 is 0 Å². The molecule has 0 saturated heterocycles. The van der Waals surface area contributed by atoms with Crippen LogP contribution >= 0.6 is 0 Å². The van der Waals surface area contributed by atoms with E-state index in [0.29, 0.717) is 17.8 Å². The lowest BCUT2D eigenvalue weighted by Crippen LogP contribution is -2.40. The van der Waals surface area contributed by atoms with E-state index in [-0.39, 0.29) is 12.5 Å². The van der Waals surface area contributed by atoms with Crippen molar-refractivity contribution in [2.45, 2.75) is 19.4 Å². The zero-order chi connectivity index (χ0) is 14.3. The molecule has 1 atom stereocenters. The third-order valence-electron chi connectivity index (χ3n) is 2.55. The van der Waals surface area contributed by atoms with Crippen molar-refractivity contribution in [3.05, 3.63) is 23.9 Å². The summed E-state index contributed by atoms with van der Waals surface area (Å²) >= 11 is 0. The van der Waals surface area contributed by atoms with E-state index in [4.69, 9.17) is 10.5 Å². The van der Waals surface area contributed by atoms with Crippen molar-refractivity contribution in [3.8, 4) is 12.1 Å². The second-order valence-corrected chi connectivity index (χ2v) is 4.03. The van der Waals surface area contributed by atoms with Crippen LogP contribution in [0.4, 0.5) is 5.82 Å². The minimum Gasteiger partial charge on any atom is -0.350 e. The Balaban J connectivity index is 2.59. The third-order valence-corrected chi connectivity index (χ3v) is 2.55. The molecule has 1 amide bonds. The number of carbonyl (C=O) groups excluding carboxylic acids is 1. The number of hydrogen-bond acceptors (Lipinski definition) is 5. The molecular formula is C13H15N5O. The molecular weight excluding hydrogens is 242 g/mol. The van der Waals surface area contributed by atoms with Crippen molar-refractivity contribution in [2.75, 3.05) is 18.5 Å². The maximum absolute atomic E-state index is 11.7. The van der Waals surface area contributed by atoms with Gasteiger partial charge in [0, 0.05) is 13.2 Å². The summed E-state index contributed by atoms with van der Waals surface area (Å²) in [6.45, 7) is 1.94. The number of aromatic nitrogens is 1. The van der Waals surface area contributed by atoms with Crippen molar-refractivity contribution >= 4 is 11.7 Å². The summed E-state index contributed by atoms with van der Waals surface area (Å²) in [5.74, 6) is 0.362. The van der Waals surface area contributed by atoms with Crippen LogP contribution in [-0.2, 0) is 4.79 Å². The molecule has 0 fully saturated rings. The van der Waals surface area contributed by atoms with Crippen molar-refractivity contribution < 1.29 is 4.79 Å². The first-order chi connectivity index (χ1) is 9.10. The van der Waals surface area contributed by atoms with Crippen LogP contribution in [0.3, 0.4) is 0 Å². The number of nitrogens with one attached hydrogen (secondary N) is 1. The van der Waals surface area contributed by atoms with Gasteiger partial charge in [-0.25, -0.2) is 4.98 Å². The van der Waals surface area contributed by atoms with E-state index in [0.717, 1.165) is 0 Å². The Morgan fingerprint density at radius 1 is 1.53 bits per heavy atom. The Labute approximate surface area is 112 Å². The summed E-state index contributed by atoms with van der Waals surface area (Å²) in [5.41, 5.74) is 0.470. The van der Waals surface area contributed by atoms with Crippen LogP contribution in [0, 0.1) is 22.7 Å². The number of likely N-dealkylation sites (N-methyl/N-ethyl adjacent to an activating group) is 1. The number of pyridine rings is 1. The molecule has 6 heteroatoms. The van der Waals surface area contributed by atoms with E-state index in [9.17, 15) is 4.79 Å². The van der Waals surface area contributed by atoms with Crippen molar-refractivity contribution in [3.63, 3.8) is 0 Å². The number of hydrogen-bond donors (Lipinski definition) is 1. The molecule has 1 aromatic rings. The maximum Gasteiger partial charge on any atom is 0.240 e. The number of anilines is 1. The molecule has 0 aliphatic rings. The third kappa shape index (κ3) is 4.29. The molecule has 0 aromatic carbocycles. The summed E-state index contributed by atoms with van der Waals surface area (Å²) in [4.78, 5) is 17.4. The number of rotatable bonds is 5. The zero-order valence-corrected chi connectivity index (χ0v) is 10.9. The monoisotopic (exact) mass is 257 g/mol. The standard InChI is InChI=1S/C13H15N5O/c1-3-11(7-15)17-13(19)9-18(2)12-5-4-10(6-14)8-16-12/h4-5,8,11H,3,9H2,1-2H3,(H,17,19)/t11-/m0/s1. The average Bonchev–Trinajstić information content (AvgIpc) is 2.44. The summed E-state index contributed by atoms with van der Waals surface area (Å²) in [6, 6.07) is 6.84. The first-order valence-corrected chi connectivity index (χ1v) is 5.87. The molecule has 0 saturated carbocycles. The Morgan fingerprint density at radius 2 is 2.26 bits per heavy atom. The van der Waals surface area contributed by atoms with E-state index in [1.54, 1.807) is 24.1 Å². The van der Waals surface area contributed by atoms with Gasteiger partial charge in [-0.3, -0.25) is 4.79 Å². The van der Waals surface area contributed by atoms with Crippen LogP contribution in [0.15, 0.2) is 18.3 Å². The maximum atomic E-state index is 11.7. The van der Waals surface area contributed by atoms with Gasteiger partial charge in [0.05, 0.1) is 18.2 Å². The van der Waals surface area contributed by atoms with Gasteiger partial charge >= 0.3 is 0 Å². The number of nitrogens with zero attached hydrogens (tertiary/aromatic N) is 4. The van der Waals surface area contributed by atoms with E-state index in [2.05, 4.69) is 10.3 Å². The SMILES string of the molecule is CC[C@@H](C#N)NC(=O)CN(C)c1ccc(C#N)cn1. The predicted molar refractivity (Wildman–Crippen MR) is 70.1 cm³/mol. The fourth-order valence-corrected chi connectivity index (χ4v) is 1.44. The summed E-state index contributed by atoms with van der Waals surface area (Å²) in [6.07, 6.45) is 2.02. The summed E-state index contributed by atoms with van der Waals surface area (Å²) < 4.78 is 0. The first kappa shape index (κ1) is 14.5. The van der Waals surface area contributed by atoms with Gasteiger partial charge < -0.3 is 10.2 Å². The molecule has 98 valence electrons.